The maximum atomic E-state index is 12.1. The van der Waals surface area contributed by atoms with E-state index in [1.54, 1.807) is 26.4 Å². The first-order chi connectivity index (χ1) is 11.5. The quantitative estimate of drug-likeness (QED) is 0.728. The number of benzene rings is 2. The Balaban J connectivity index is 2.16. The molecule has 24 heavy (non-hydrogen) atoms. The first-order valence-electron chi connectivity index (χ1n) is 7.73. The molecule has 124 valence electrons. The average molecular weight is 322 g/mol. The number of carbonyl (C=O) groups excluding carboxylic acids is 1. The van der Waals surface area contributed by atoms with Crippen molar-refractivity contribution in [1.29, 1.82) is 0 Å². The summed E-state index contributed by atoms with van der Waals surface area (Å²) in [5.41, 5.74) is 3.99. The van der Waals surface area contributed by atoms with E-state index in [1.165, 1.54) is 12.2 Å². The van der Waals surface area contributed by atoms with Crippen LogP contribution in [0, 0.1) is 13.8 Å². The molecule has 0 aliphatic carbocycles. The van der Waals surface area contributed by atoms with Gasteiger partial charge in [0.1, 0.15) is 11.5 Å². The highest BCUT2D eigenvalue weighted by molar-refractivity contribution is 6.04. The van der Waals surface area contributed by atoms with Gasteiger partial charge in [-0.3, -0.25) is 4.79 Å². The third-order valence-corrected chi connectivity index (χ3v) is 3.62. The number of methoxy groups -OCH3 is 2. The summed E-state index contributed by atoms with van der Waals surface area (Å²) in [4.78, 5) is 12.1. The summed E-state index contributed by atoms with van der Waals surface area (Å²) in [5, 5.41) is 0. The Bertz CT molecular complexity index is 720. The summed E-state index contributed by atoms with van der Waals surface area (Å²) in [6.07, 6.45) is 6.62. The molecule has 0 heterocycles. The molecular weight excluding hydrogens is 300 g/mol. The van der Waals surface area contributed by atoms with E-state index in [-0.39, 0.29) is 5.78 Å². The van der Waals surface area contributed by atoms with Crippen molar-refractivity contribution in [1.82, 2.24) is 0 Å². The molecule has 0 aliphatic rings. The number of ether oxygens (including phenoxy) is 2. The Kier molecular flexibility index (Phi) is 5.96. The minimum Gasteiger partial charge on any atom is -0.496 e. The fourth-order valence-corrected chi connectivity index (χ4v) is 2.37. The Morgan fingerprint density at radius 3 is 1.58 bits per heavy atom. The number of allylic oxidation sites excluding steroid dienone is 2. The van der Waals surface area contributed by atoms with Gasteiger partial charge in [-0.15, -0.1) is 0 Å². The summed E-state index contributed by atoms with van der Waals surface area (Å²) in [7, 11) is 3.24. The molecule has 2 aromatic rings. The fourth-order valence-electron chi connectivity index (χ4n) is 2.37. The van der Waals surface area contributed by atoms with E-state index in [4.69, 9.17) is 9.47 Å². The monoisotopic (exact) mass is 322 g/mol. The van der Waals surface area contributed by atoms with Crippen molar-refractivity contribution in [3.63, 3.8) is 0 Å². The standard InChI is InChI=1S/C21H22O3/c1-15-5-11-20(23-3)17(13-15)7-9-19(22)10-8-18-14-16(2)6-12-21(18)24-4/h5-14H,1-4H3/b9-7+,10-8+. The lowest BCUT2D eigenvalue weighted by Crippen LogP contribution is -1.91. The zero-order valence-corrected chi connectivity index (χ0v) is 14.5. The fraction of sp³-hybridized carbons (Fsp3) is 0.190. The molecule has 0 N–H and O–H groups in total. The van der Waals surface area contributed by atoms with Gasteiger partial charge in [0.2, 0.25) is 0 Å². The lowest BCUT2D eigenvalue weighted by molar-refractivity contribution is -0.110. The van der Waals surface area contributed by atoms with E-state index in [9.17, 15) is 4.79 Å². The normalized spacial score (nSPS) is 11.2. The molecule has 3 heteroatoms. The highest BCUT2D eigenvalue weighted by Crippen LogP contribution is 2.22. The van der Waals surface area contributed by atoms with Crippen molar-refractivity contribution in [2.45, 2.75) is 13.8 Å². The molecule has 0 spiro atoms. The van der Waals surface area contributed by atoms with Gasteiger partial charge in [0, 0.05) is 11.1 Å². The number of carbonyl (C=O) groups is 1. The maximum absolute atomic E-state index is 12.1. The van der Waals surface area contributed by atoms with Crippen molar-refractivity contribution < 1.29 is 14.3 Å². The Labute approximate surface area is 143 Å². The van der Waals surface area contributed by atoms with Crippen molar-refractivity contribution in [2.24, 2.45) is 0 Å². The smallest absolute Gasteiger partial charge is 0.178 e. The van der Waals surface area contributed by atoms with E-state index >= 15 is 0 Å². The van der Waals surface area contributed by atoms with Crippen molar-refractivity contribution in [2.75, 3.05) is 14.2 Å². The number of aryl methyl sites for hydroxylation is 2. The van der Waals surface area contributed by atoms with Crippen molar-refractivity contribution in [3.05, 3.63) is 70.8 Å². The van der Waals surface area contributed by atoms with Crippen LogP contribution >= 0.6 is 0 Å². The maximum Gasteiger partial charge on any atom is 0.178 e. The van der Waals surface area contributed by atoms with Crippen LogP contribution in [0.1, 0.15) is 22.3 Å². The zero-order valence-electron chi connectivity index (χ0n) is 14.5. The van der Waals surface area contributed by atoms with Crippen LogP contribution in [0.2, 0.25) is 0 Å². The average Bonchev–Trinajstić information content (AvgIpc) is 2.58. The molecule has 3 nitrogen and oxygen atoms in total. The molecule has 0 aromatic heterocycles. The molecule has 0 aliphatic heterocycles. The number of hydrogen-bond acceptors (Lipinski definition) is 3. The van der Waals surface area contributed by atoms with Crippen LogP contribution < -0.4 is 9.47 Å². The van der Waals surface area contributed by atoms with Crippen LogP contribution in [0.25, 0.3) is 12.2 Å². The van der Waals surface area contributed by atoms with Crippen LogP contribution in [-0.4, -0.2) is 20.0 Å². The van der Waals surface area contributed by atoms with Gasteiger partial charge in [-0.25, -0.2) is 0 Å². The number of ketones is 1. The van der Waals surface area contributed by atoms with E-state index in [2.05, 4.69) is 0 Å². The second-order valence-corrected chi connectivity index (χ2v) is 5.56. The topological polar surface area (TPSA) is 35.5 Å². The van der Waals surface area contributed by atoms with Crippen molar-refractivity contribution >= 4 is 17.9 Å². The first-order valence-corrected chi connectivity index (χ1v) is 7.73. The summed E-state index contributed by atoms with van der Waals surface area (Å²) in [6.45, 7) is 4.00. The van der Waals surface area contributed by atoms with Crippen LogP contribution in [0.5, 0.6) is 11.5 Å². The first kappa shape index (κ1) is 17.5. The van der Waals surface area contributed by atoms with Crippen LogP contribution in [0.4, 0.5) is 0 Å². The largest absolute Gasteiger partial charge is 0.496 e. The highest BCUT2D eigenvalue weighted by atomic mass is 16.5. The van der Waals surface area contributed by atoms with E-state index in [0.717, 1.165) is 33.8 Å². The molecule has 0 unspecified atom stereocenters. The molecule has 0 saturated heterocycles. The molecule has 0 radical (unpaired) electrons. The lowest BCUT2D eigenvalue weighted by Gasteiger charge is -2.05. The molecule has 0 atom stereocenters. The lowest BCUT2D eigenvalue weighted by atomic mass is 10.1. The molecule has 0 saturated carbocycles. The second-order valence-electron chi connectivity index (χ2n) is 5.56. The molecule has 2 rings (SSSR count). The van der Waals surface area contributed by atoms with Gasteiger partial charge in [0.05, 0.1) is 14.2 Å². The predicted octanol–water partition coefficient (Wildman–Crippen LogP) is 4.62. The predicted molar refractivity (Wildman–Crippen MR) is 98.5 cm³/mol. The summed E-state index contributed by atoms with van der Waals surface area (Å²) in [6, 6.07) is 11.7. The Morgan fingerprint density at radius 2 is 1.21 bits per heavy atom. The van der Waals surface area contributed by atoms with Gasteiger partial charge in [0.25, 0.3) is 0 Å². The van der Waals surface area contributed by atoms with Gasteiger partial charge in [0.15, 0.2) is 5.78 Å². The highest BCUT2D eigenvalue weighted by Gasteiger charge is 2.02. The SMILES string of the molecule is COc1ccc(C)cc1/C=C/C(=O)/C=C/c1cc(C)ccc1OC. The van der Waals surface area contributed by atoms with Gasteiger partial charge < -0.3 is 9.47 Å². The van der Waals surface area contributed by atoms with Gasteiger partial charge >= 0.3 is 0 Å². The van der Waals surface area contributed by atoms with E-state index in [0.29, 0.717) is 0 Å². The minimum atomic E-state index is -0.0953. The van der Waals surface area contributed by atoms with Crippen molar-refractivity contribution in [3.8, 4) is 11.5 Å². The Hall–Kier alpha value is -2.81. The minimum absolute atomic E-state index is 0.0953. The summed E-state index contributed by atoms with van der Waals surface area (Å²) in [5.74, 6) is 1.39. The Morgan fingerprint density at radius 1 is 0.792 bits per heavy atom. The molecule has 2 aromatic carbocycles. The number of hydrogen-bond donors (Lipinski definition) is 0. The molecule has 0 fully saturated rings. The molecule has 0 bridgehead atoms. The summed E-state index contributed by atoms with van der Waals surface area (Å²) < 4.78 is 10.6. The second kappa shape index (κ2) is 8.16. The van der Waals surface area contributed by atoms with Crippen LogP contribution in [-0.2, 0) is 4.79 Å². The van der Waals surface area contributed by atoms with E-state index in [1.807, 2.05) is 50.2 Å². The zero-order chi connectivity index (χ0) is 17.5. The third kappa shape index (κ3) is 4.59. The van der Waals surface area contributed by atoms with Crippen LogP contribution in [0.3, 0.4) is 0 Å². The number of rotatable bonds is 6. The molecule has 0 amide bonds. The summed E-state index contributed by atoms with van der Waals surface area (Å²) >= 11 is 0. The van der Waals surface area contributed by atoms with Gasteiger partial charge in [-0.05, 0) is 62.4 Å². The van der Waals surface area contributed by atoms with E-state index < -0.39 is 0 Å². The third-order valence-electron chi connectivity index (χ3n) is 3.62. The van der Waals surface area contributed by atoms with Gasteiger partial charge in [-0.2, -0.15) is 0 Å². The molecular formula is C21H22O3. The van der Waals surface area contributed by atoms with Crippen LogP contribution in [0.15, 0.2) is 48.6 Å². The van der Waals surface area contributed by atoms with Gasteiger partial charge in [-0.1, -0.05) is 23.3 Å².